The second-order valence-electron chi connectivity index (χ2n) is 7.14. The third kappa shape index (κ3) is 4.86. The number of para-hydroxylation sites is 2. The zero-order chi connectivity index (χ0) is 21.5. The third-order valence-corrected chi connectivity index (χ3v) is 5.33. The Hall–Kier alpha value is -2.77. The maximum atomic E-state index is 5.73. The summed E-state index contributed by atoms with van der Waals surface area (Å²) >= 11 is 5.51. The first-order valence-corrected chi connectivity index (χ1v) is 10.3. The maximum Gasteiger partial charge on any atom is 0.166 e. The van der Waals surface area contributed by atoms with E-state index in [4.69, 9.17) is 26.4 Å². The number of hydrogen-bond donors (Lipinski definition) is 3. The van der Waals surface area contributed by atoms with Crippen LogP contribution in [0.5, 0.6) is 11.5 Å². The normalized spacial score (nSPS) is 12.9. The molecule has 0 saturated carbocycles. The van der Waals surface area contributed by atoms with Gasteiger partial charge in [-0.25, -0.2) is 0 Å². The number of thiocarbonyl (C=S) groups is 1. The van der Waals surface area contributed by atoms with Crippen molar-refractivity contribution < 1.29 is 14.2 Å². The smallest absolute Gasteiger partial charge is 0.166 e. The molecular weight excluding hydrogens is 398 g/mol. The number of hydrogen-bond acceptors (Lipinski definition) is 4. The number of ether oxygens (including phenoxy) is 3. The molecule has 1 aromatic heterocycles. The zero-order valence-electron chi connectivity index (χ0n) is 17.8. The molecule has 0 radical (unpaired) electrons. The monoisotopic (exact) mass is 427 g/mol. The van der Waals surface area contributed by atoms with Gasteiger partial charge in [0, 0.05) is 48.3 Å². The van der Waals surface area contributed by atoms with E-state index >= 15 is 0 Å². The largest absolute Gasteiger partial charge is 0.493 e. The van der Waals surface area contributed by atoms with Crippen LogP contribution in [-0.4, -0.2) is 50.6 Å². The van der Waals surface area contributed by atoms with Gasteiger partial charge in [-0.2, -0.15) is 0 Å². The number of rotatable bonds is 9. The number of methoxy groups -OCH3 is 3. The van der Waals surface area contributed by atoms with E-state index in [1.807, 2.05) is 31.2 Å². The topological polar surface area (TPSA) is 67.5 Å². The highest BCUT2D eigenvalue weighted by atomic mass is 32.1. The van der Waals surface area contributed by atoms with Crippen LogP contribution < -0.4 is 20.1 Å². The molecule has 2 aromatic carbocycles. The summed E-state index contributed by atoms with van der Waals surface area (Å²) in [4.78, 5) is 3.38. The molecule has 3 rings (SSSR count). The van der Waals surface area contributed by atoms with Gasteiger partial charge in [-0.3, -0.25) is 0 Å². The molecule has 0 fully saturated rings. The summed E-state index contributed by atoms with van der Waals surface area (Å²) in [5.41, 5.74) is 3.29. The predicted octanol–water partition coefficient (Wildman–Crippen LogP) is 3.82. The van der Waals surface area contributed by atoms with E-state index in [0.717, 1.165) is 22.4 Å². The summed E-state index contributed by atoms with van der Waals surface area (Å²) in [6, 6.07) is 14.3. The Morgan fingerprint density at radius 3 is 2.57 bits per heavy atom. The fourth-order valence-corrected chi connectivity index (χ4v) is 4.00. The summed E-state index contributed by atoms with van der Waals surface area (Å²) < 4.78 is 16.4. The molecule has 160 valence electrons. The molecule has 2 atom stereocenters. The van der Waals surface area contributed by atoms with Gasteiger partial charge in [0.05, 0.1) is 20.8 Å². The molecule has 3 aromatic rings. The Labute approximate surface area is 182 Å². The standard InChI is InChI=1S/C23H29N3O3S/c1-15(14-27-2)26-23(30)25-13-19(17-9-7-11-21(28-3)22(17)29-4)18-12-24-20-10-6-5-8-16(18)20/h5-12,15,19,24H,13-14H2,1-4H3,(H2,25,26,30)/t15-,19-/m0/s1. The van der Waals surface area contributed by atoms with Crippen LogP contribution in [0.3, 0.4) is 0 Å². The van der Waals surface area contributed by atoms with E-state index in [1.54, 1.807) is 21.3 Å². The van der Waals surface area contributed by atoms with E-state index in [1.165, 1.54) is 5.39 Å². The SMILES string of the molecule is COC[C@H](C)NC(=S)NC[C@@H](c1cccc(OC)c1OC)c1c[nH]c2ccccc12. The lowest BCUT2D eigenvalue weighted by Crippen LogP contribution is -2.43. The van der Waals surface area contributed by atoms with Crippen LogP contribution >= 0.6 is 12.2 Å². The summed E-state index contributed by atoms with van der Waals surface area (Å²) in [5, 5.41) is 8.38. The number of benzene rings is 2. The molecule has 0 saturated heterocycles. The second-order valence-corrected chi connectivity index (χ2v) is 7.54. The minimum atomic E-state index is -0.0105. The Bertz CT molecular complexity index is 989. The first-order chi connectivity index (χ1) is 14.6. The van der Waals surface area contributed by atoms with Crippen molar-refractivity contribution in [3.63, 3.8) is 0 Å². The molecule has 0 bridgehead atoms. The Kier molecular flexibility index (Phi) is 7.54. The lowest BCUT2D eigenvalue weighted by molar-refractivity contribution is 0.179. The van der Waals surface area contributed by atoms with E-state index < -0.39 is 0 Å². The van der Waals surface area contributed by atoms with E-state index in [0.29, 0.717) is 24.0 Å². The van der Waals surface area contributed by atoms with Crippen LogP contribution in [-0.2, 0) is 4.74 Å². The molecule has 0 amide bonds. The lowest BCUT2D eigenvalue weighted by atomic mass is 9.90. The lowest BCUT2D eigenvalue weighted by Gasteiger charge is -2.23. The Balaban J connectivity index is 1.95. The molecule has 1 heterocycles. The van der Waals surface area contributed by atoms with Crippen LogP contribution in [0.2, 0.25) is 0 Å². The van der Waals surface area contributed by atoms with Gasteiger partial charge in [-0.1, -0.05) is 30.3 Å². The van der Waals surface area contributed by atoms with Crippen molar-refractivity contribution in [3.05, 3.63) is 59.8 Å². The molecule has 30 heavy (non-hydrogen) atoms. The van der Waals surface area contributed by atoms with Crippen LogP contribution in [0.4, 0.5) is 0 Å². The van der Waals surface area contributed by atoms with Gasteiger partial charge in [-0.15, -0.1) is 0 Å². The molecule has 0 aliphatic heterocycles. The number of aromatic amines is 1. The van der Waals surface area contributed by atoms with Gasteiger partial charge in [-0.05, 0) is 36.8 Å². The quantitative estimate of drug-likeness (QED) is 0.451. The van der Waals surface area contributed by atoms with E-state index in [-0.39, 0.29) is 12.0 Å². The highest BCUT2D eigenvalue weighted by molar-refractivity contribution is 7.80. The maximum absolute atomic E-state index is 5.73. The van der Waals surface area contributed by atoms with Crippen molar-refractivity contribution >= 4 is 28.2 Å². The van der Waals surface area contributed by atoms with Gasteiger partial charge in [0.25, 0.3) is 0 Å². The Morgan fingerprint density at radius 1 is 1.03 bits per heavy atom. The first kappa shape index (κ1) is 21.9. The highest BCUT2D eigenvalue weighted by Gasteiger charge is 2.24. The molecule has 0 unspecified atom stereocenters. The molecule has 6 nitrogen and oxygen atoms in total. The molecule has 0 aliphatic rings. The molecular formula is C23H29N3O3S. The van der Waals surface area contributed by atoms with Crippen molar-refractivity contribution in [2.24, 2.45) is 0 Å². The van der Waals surface area contributed by atoms with Gasteiger partial charge < -0.3 is 29.8 Å². The average Bonchev–Trinajstić information content (AvgIpc) is 3.17. The summed E-state index contributed by atoms with van der Waals surface area (Å²) in [6.45, 7) is 3.20. The van der Waals surface area contributed by atoms with Gasteiger partial charge in [0.2, 0.25) is 0 Å². The first-order valence-electron chi connectivity index (χ1n) is 9.89. The van der Waals surface area contributed by atoms with Crippen molar-refractivity contribution in [1.29, 1.82) is 0 Å². The van der Waals surface area contributed by atoms with Crippen LogP contribution in [0.25, 0.3) is 10.9 Å². The summed E-state index contributed by atoms with van der Waals surface area (Å²) in [7, 11) is 4.99. The van der Waals surface area contributed by atoms with Crippen LogP contribution in [0.15, 0.2) is 48.7 Å². The summed E-state index contributed by atoms with van der Waals surface area (Å²) in [6.07, 6.45) is 2.06. The van der Waals surface area contributed by atoms with E-state index in [2.05, 4.69) is 40.0 Å². The molecule has 0 aliphatic carbocycles. The van der Waals surface area contributed by atoms with Gasteiger partial charge in [0.15, 0.2) is 16.6 Å². The fraction of sp³-hybridized carbons (Fsp3) is 0.348. The van der Waals surface area contributed by atoms with E-state index in [9.17, 15) is 0 Å². The zero-order valence-corrected chi connectivity index (χ0v) is 18.6. The molecule has 0 spiro atoms. The highest BCUT2D eigenvalue weighted by Crippen LogP contribution is 2.40. The molecule has 3 N–H and O–H groups in total. The second kappa shape index (κ2) is 10.3. The van der Waals surface area contributed by atoms with Crippen molar-refractivity contribution in [1.82, 2.24) is 15.6 Å². The predicted molar refractivity (Wildman–Crippen MR) is 125 cm³/mol. The number of aromatic nitrogens is 1. The number of fused-ring (bicyclic) bond motifs is 1. The van der Waals surface area contributed by atoms with Gasteiger partial charge >= 0.3 is 0 Å². The fourth-order valence-electron chi connectivity index (χ4n) is 3.72. The molecule has 7 heteroatoms. The minimum absolute atomic E-state index is 0.0105. The van der Waals surface area contributed by atoms with Crippen molar-refractivity contribution in [2.75, 3.05) is 34.5 Å². The average molecular weight is 428 g/mol. The van der Waals surface area contributed by atoms with Crippen molar-refractivity contribution in [2.45, 2.75) is 18.9 Å². The van der Waals surface area contributed by atoms with Crippen molar-refractivity contribution in [3.8, 4) is 11.5 Å². The number of nitrogens with one attached hydrogen (secondary N) is 3. The van der Waals surface area contributed by atoms with Gasteiger partial charge in [0.1, 0.15) is 0 Å². The third-order valence-electron chi connectivity index (χ3n) is 5.07. The van der Waals surface area contributed by atoms with Crippen LogP contribution in [0.1, 0.15) is 24.0 Å². The van der Waals surface area contributed by atoms with Crippen LogP contribution in [0, 0.1) is 0 Å². The minimum Gasteiger partial charge on any atom is -0.493 e. The Morgan fingerprint density at radius 2 is 1.83 bits per heavy atom. The number of H-pyrrole nitrogens is 1. The summed E-state index contributed by atoms with van der Waals surface area (Å²) in [5.74, 6) is 1.42.